The molecule has 0 fully saturated rings. The molecule has 0 spiro atoms. The first kappa shape index (κ1) is 21.2. The Labute approximate surface area is 142 Å². The highest BCUT2D eigenvalue weighted by molar-refractivity contribution is 5.81. The number of hydrogen-bond acceptors (Lipinski definition) is 1. The van der Waals surface area contributed by atoms with Gasteiger partial charge in [0.15, 0.2) is 0 Å². The molecule has 0 aliphatic heterocycles. The van der Waals surface area contributed by atoms with Crippen molar-refractivity contribution in [3.63, 3.8) is 0 Å². The highest BCUT2D eigenvalue weighted by atomic mass is 16.4. The quantitative estimate of drug-likeness (QED) is 0.425. The molecular formula is C21H32O2. The Morgan fingerprint density at radius 3 is 2.09 bits per heavy atom. The molecule has 1 N–H and O–H groups in total. The topological polar surface area (TPSA) is 37.3 Å². The lowest BCUT2D eigenvalue weighted by atomic mass is 9.89. The van der Waals surface area contributed by atoms with Gasteiger partial charge in [-0.2, -0.15) is 0 Å². The van der Waals surface area contributed by atoms with Crippen LogP contribution in [0.3, 0.4) is 0 Å². The largest absolute Gasteiger partial charge is 0.478 e. The molecule has 0 aromatic carbocycles. The number of rotatable bonds is 8. The fourth-order valence-electron chi connectivity index (χ4n) is 2.00. The van der Waals surface area contributed by atoms with E-state index in [0.717, 1.165) is 17.6 Å². The second kappa shape index (κ2) is 10.8. The van der Waals surface area contributed by atoms with Crippen LogP contribution in [0.1, 0.15) is 60.8 Å². The summed E-state index contributed by atoms with van der Waals surface area (Å²) >= 11 is 0. The Bertz CT molecular complexity index is 521. The maximum absolute atomic E-state index is 10.5. The van der Waals surface area contributed by atoms with Gasteiger partial charge in [-0.05, 0) is 51.0 Å². The molecule has 23 heavy (non-hydrogen) atoms. The lowest BCUT2D eigenvalue weighted by Gasteiger charge is -2.17. The fourth-order valence-corrected chi connectivity index (χ4v) is 2.00. The van der Waals surface area contributed by atoms with Crippen LogP contribution >= 0.6 is 0 Å². The minimum Gasteiger partial charge on any atom is -0.478 e. The third-order valence-electron chi connectivity index (χ3n) is 3.31. The molecule has 0 radical (unpaired) electrons. The molecule has 128 valence electrons. The van der Waals surface area contributed by atoms with Gasteiger partial charge in [-0.25, -0.2) is 4.79 Å². The van der Waals surface area contributed by atoms with Gasteiger partial charge in [0, 0.05) is 6.08 Å². The molecule has 0 bridgehead atoms. The van der Waals surface area contributed by atoms with E-state index in [4.69, 9.17) is 5.11 Å². The third-order valence-corrected chi connectivity index (χ3v) is 3.31. The SMILES string of the molecule is CC(/C=C/C=C(\C)CCCC(C)(C)C)=C\C=C\C(C)=C\C(=O)O. The van der Waals surface area contributed by atoms with Gasteiger partial charge in [0.2, 0.25) is 0 Å². The first-order valence-electron chi connectivity index (χ1n) is 8.20. The highest BCUT2D eigenvalue weighted by Gasteiger charge is 2.08. The summed E-state index contributed by atoms with van der Waals surface area (Å²) in [4.78, 5) is 10.5. The summed E-state index contributed by atoms with van der Waals surface area (Å²) in [7, 11) is 0. The van der Waals surface area contributed by atoms with E-state index in [1.807, 2.05) is 19.1 Å². The zero-order chi connectivity index (χ0) is 17.9. The Hall–Kier alpha value is -1.83. The first-order valence-corrected chi connectivity index (χ1v) is 8.20. The van der Waals surface area contributed by atoms with E-state index in [9.17, 15) is 4.79 Å². The van der Waals surface area contributed by atoms with Gasteiger partial charge in [0.1, 0.15) is 0 Å². The lowest BCUT2D eigenvalue weighted by molar-refractivity contribution is -0.131. The molecule has 0 saturated heterocycles. The predicted octanol–water partition coefficient (Wildman–Crippen LogP) is 6.24. The molecule has 0 saturated carbocycles. The molecule has 0 aliphatic carbocycles. The first-order chi connectivity index (χ1) is 10.6. The van der Waals surface area contributed by atoms with Gasteiger partial charge in [-0.1, -0.05) is 68.4 Å². The van der Waals surface area contributed by atoms with Gasteiger partial charge in [-0.3, -0.25) is 0 Å². The van der Waals surface area contributed by atoms with Crippen molar-refractivity contribution in [2.45, 2.75) is 60.8 Å². The van der Waals surface area contributed by atoms with Crippen molar-refractivity contribution in [1.29, 1.82) is 0 Å². The summed E-state index contributed by atoms with van der Waals surface area (Å²) in [6.07, 6.45) is 16.7. The van der Waals surface area contributed by atoms with Crippen molar-refractivity contribution in [1.82, 2.24) is 0 Å². The fraction of sp³-hybridized carbons (Fsp3) is 0.476. The molecule has 0 atom stereocenters. The van der Waals surface area contributed by atoms with Crippen molar-refractivity contribution in [2.24, 2.45) is 5.41 Å². The molecule has 2 heteroatoms. The number of hydrogen-bond donors (Lipinski definition) is 1. The van der Waals surface area contributed by atoms with Crippen LogP contribution < -0.4 is 0 Å². The van der Waals surface area contributed by atoms with E-state index in [0.29, 0.717) is 5.41 Å². The Morgan fingerprint density at radius 1 is 0.957 bits per heavy atom. The summed E-state index contributed by atoms with van der Waals surface area (Å²) < 4.78 is 0. The van der Waals surface area contributed by atoms with E-state index in [1.54, 1.807) is 13.0 Å². The summed E-state index contributed by atoms with van der Waals surface area (Å²) in [5, 5.41) is 8.62. The van der Waals surface area contributed by atoms with E-state index >= 15 is 0 Å². The van der Waals surface area contributed by atoms with Crippen LogP contribution in [0.2, 0.25) is 0 Å². The maximum atomic E-state index is 10.5. The van der Waals surface area contributed by atoms with Crippen LogP contribution in [0.4, 0.5) is 0 Å². The predicted molar refractivity (Wildman–Crippen MR) is 100 cm³/mol. The van der Waals surface area contributed by atoms with Crippen LogP contribution in [-0.2, 0) is 4.79 Å². The highest BCUT2D eigenvalue weighted by Crippen LogP contribution is 2.22. The van der Waals surface area contributed by atoms with E-state index in [2.05, 4.69) is 45.9 Å². The van der Waals surface area contributed by atoms with Crippen molar-refractivity contribution >= 4 is 5.97 Å². The molecule has 2 nitrogen and oxygen atoms in total. The van der Waals surface area contributed by atoms with Crippen molar-refractivity contribution < 1.29 is 9.90 Å². The van der Waals surface area contributed by atoms with Gasteiger partial charge >= 0.3 is 5.97 Å². The summed E-state index contributed by atoms with van der Waals surface area (Å²) in [5.74, 6) is -0.917. The van der Waals surface area contributed by atoms with E-state index in [1.165, 1.54) is 24.5 Å². The zero-order valence-electron chi connectivity index (χ0n) is 15.5. The molecule has 0 rings (SSSR count). The average Bonchev–Trinajstić information content (AvgIpc) is 2.36. The van der Waals surface area contributed by atoms with E-state index in [-0.39, 0.29) is 0 Å². The van der Waals surface area contributed by atoms with Crippen LogP contribution in [0.25, 0.3) is 0 Å². The molecule has 0 aromatic heterocycles. The van der Waals surface area contributed by atoms with E-state index < -0.39 is 5.97 Å². The summed E-state index contributed by atoms with van der Waals surface area (Å²) in [6, 6.07) is 0. The standard InChI is InChI=1S/C21H32O2/c1-17(12-8-13-19(3)16-20(22)23)10-7-11-18(2)14-9-15-21(4,5)6/h7-8,10-13,16H,9,14-15H2,1-6H3,(H,22,23)/b10-7+,13-8+,17-12+,18-11+,19-16+. The summed E-state index contributed by atoms with van der Waals surface area (Å²) in [5.41, 5.74) is 3.66. The van der Waals surface area contributed by atoms with Crippen LogP contribution in [0.15, 0.2) is 59.3 Å². The smallest absolute Gasteiger partial charge is 0.328 e. The molecule has 0 heterocycles. The molecule has 0 aliphatic rings. The van der Waals surface area contributed by atoms with Crippen LogP contribution in [-0.4, -0.2) is 11.1 Å². The van der Waals surface area contributed by atoms with Crippen molar-refractivity contribution in [2.75, 3.05) is 0 Å². The third kappa shape index (κ3) is 14.9. The second-order valence-corrected chi connectivity index (χ2v) is 7.28. The average molecular weight is 316 g/mol. The van der Waals surface area contributed by atoms with Crippen LogP contribution in [0.5, 0.6) is 0 Å². The van der Waals surface area contributed by atoms with Gasteiger partial charge < -0.3 is 5.11 Å². The van der Waals surface area contributed by atoms with Gasteiger partial charge in [0.25, 0.3) is 0 Å². The second-order valence-electron chi connectivity index (χ2n) is 7.28. The number of carboxylic acids is 1. The molecule has 0 amide bonds. The molecule has 0 aromatic rings. The lowest BCUT2D eigenvalue weighted by Crippen LogP contribution is -2.03. The number of allylic oxidation sites excluding steroid dienone is 9. The zero-order valence-corrected chi connectivity index (χ0v) is 15.5. The van der Waals surface area contributed by atoms with Gasteiger partial charge in [-0.15, -0.1) is 0 Å². The Morgan fingerprint density at radius 2 is 1.52 bits per heavy atom. The Kier molecular flexibility index (Phi) is 9.96. The molecular weight excluding hydrogens is 284 g/mol. The van der Waals surface area contributed by atoms with Gasteiger partial charge in [0.05, 0.1) is 0 Å². The Balaban J connectivity index is 4.37. The number of carbonyl (C=O) groups is 1. The minimum absolute atomic E-state index is 0.412. The number of aliphatic carboxylic acids is 1. The minimum atomic E-state index is -0.917. The van der Waals surface area contributed by atoms with Crippen molar-refractivity contribution in [3.05, 3.63) is 59.3 Å². The maximum Gasteiger partial charge on any atom is 0.328 e. The van der Waals surface area contributed by atoms with Crippen molar-refractivity contribution in [3.8, 4) is 0 Å². The monoisotopic (exact) mass is 316 g/mol. The normalized spacial score (nSPS) is 15.0. The van der Waals surface area contributed by atoms with Crippen LogP contribution in [0, 0.1) is 5.41 Å². The molecule has 0 unspecified atom stereocenters. The number of carboxylic acid groups (broad SMARTS) is 1. The summed E-state index contributed by atoms with van der Waals surface area (Å²) in [6.45, 7) is 12.8.